The maximum Gasteiger partial charge on any atom is 0.273 e. The molecule has 0 saturated carbocycles. The van der Waals surface area contributed by atoms with E-state index in [4.69, 9.17) is 16.3 Å². The van der Waals surface area contributed by atoms with Crippen molar-refractivity contribution in [3.63, 3.8) is 0 Å². The van der Waals surface area contributed by atoms with Gasteiger partial charge in [-0.15, -0.1) is 0 Å². The Morgan fingerprint density at radius 3 is 2.78 bits per heavy atom. The number of fused-ring (bicyclic) bond motifs is 1. The Morgan fingerprint density at radius 2 is 1.96 bits per heavy atom. The maximum atomic E-state index is 12.0. The van der Waals surface area contributed by atoms with Crippen molar-refractivity contribution < 1.29 is 24.2 Å². The van der Waals surface area contributed by atoms with E-state index < -0.39 is 11.8 Å². The highest BCUT2D eigenvalue weighted by molar-refractivity contribution is 6.31. The van der Waals surface area contributed by atoms with Crippen molar-refractivity contribution in [2.24, 2.45) is 0 Å². The number of rotatable bonds is 4. The van der Waals surface area contributed by atoms with Gasteiger partial charge >= 0.3 is 0 Å². The Balaban J connectivity index is 1.55. The summed E-state index contributed by atoms with van der Waals surface area (Å²) in [4.78, 5) is 37.5. The van der Waals surface area contributed by atoms with Crippen LogP contribution in [-0.4, -0.2) is 36.0 Å². The first-order chi connectivity index (χ1) is 13.0. The lowest BCUT2D eigenvalue weighted by atomic mass is 10.2. The number of para-hydroxylation sites is 2. The molecule has 3 N–H and O–H groups in total. The van der Waals surface area contributed by atoms with E-state index in [0.29, 0.717) is 11.4 Å². The number of anilines is 1. The number of carbonyl (C=O) groups is 3. The van der Waals surface area contributed by atoms with E-state index in [0.717, 1.165) is 0 Å². The summed E-state index contributed by atoms with van der Waals surface area (Å²) in [7, 11) is 0. The third-order valence-corrected chi connectivity index (χ3v) is 4.12. The van der Waals surface area contributed by atoms with Crippen LogP contribution in [0.15, 0.2) is 42.5 Å². The van der Waals surface area contributed by atoms with Crippen LogP contribution in [-0.2, 0) is 9.59 Å². The molecule has 0 aromatic heterocycles. The third kappa shape index (κ3) is 4.29. The van der Waals surface area contributed by atoms with Crippen LogP contribution in [0.25, 0.3) is 0 Å². The zero-order valence-electron chi connectivity index (χ0n) is 14.1. The number of nitrogens with zero attached hydrogens (tertiary/aromatic N) is 1. The van der Waals surface area contributed by atoms with E-state index in [1.54, 1.807) is 24.3 Å². The molecule has 0 radical (unpaired) electrons. The Kier molecular flexibility index (Phi) is 5.46. The molecule has 2 aromatic rings. The molecule has 3 rings (SSSR count). The number of halogens is 1. The summed E-state index contributed by atoms with van der Waals surface area (Å²) in [5.74, 6) is -1.16. The number of ether oxygens (including phenoxy) is 1. The van der Waals surface area contributed by atoms with Crippen LogP contribution in [0.3, 0.4) is 0 Å². The van der Waals surface area contributed by atoms with Crippen molar-refractivity contribution in [1.29, 1.82) is 0 Å². The molecule has 0 fully saturated rings. The van der Waals surface area contributed by atoms with E-state index in [1.807, 2.05) is 0 Å². The van der Waals surface area contributed by atoms with Crippen molar-refractivity contribution in [1.82, 2.24) is 10.9 Å². The number of amides is 3. The third-order valence-electron chi connectivity index (χ3n) is 3.89. The average molecular weight is 390 g/mol. The molecule has 0 saturated heterocycles. The van der Waals surface area contributed by atoms with Crippen molar-refractivity contribution in [3.05, 3.63) is 53.1 Å². The van der Waals surface area contributed by atoms with Gasteiger partial charge in [0, 0.05) is 18.0 Å². The second-order valence-corrected chi connectivity index (χ2v) is 6.15. The highest BCUT2D eigenvalue weighted by Crippen LogP contribution is 2.31. The van der Waals surface area contributed by atoms with Gasteiger partial charge in [-0.25, -0.2) is 0 Å². The van der Waals surface area contributed by atoms with Crippen LogP contribution in [0.5, 0.6) is 11.5 Å². The minimum absolute atomic E-state index is 0.0398. The fourth-order valence-corrected chi connectivity index (χ4v) is 2.73. The lowest BCUT2D eigenvalue weighted by Crippen LogP contribution is -2.45. The van der Waals surface area contributed by atoms with Crippen molar-refractivity contribution in [2.45, 2.75) is 6.42 Å². The number of phenolic OH excluding ortho intramolecular Hbond substituents is 1. The van der Waals surface area contributed by atoms with Crippen LogP contribution in [0.1, 0.15) is 16.8 Å². The molecule has 2 aromatic carbocycles. The largest absolute Gasteiger partial charge is 0.507 e. The molecule has 0 atom stereocenters. The predicted molar refractivity (Wildman–Crippen MR) is 97.6 cm³/mol. The molecule has 8 nitrogen and oxygen atoms in total. The van der Waals surface area contributed by atoms with E-state index in [1.165, 1.54) is 23.1 Å². The van der Waals surface area contributed by atoms with Gasteiger partial charge in [-0.05, 0) is 30.3 Å². The molecule has 0 spiro atoms. The van der Waals surface area contributed by atoms with Gasteiger partial charge in [0.25, 0.3) is 11.8 Å². The molecule has 0 aliphatic carbocycles. The van der Waals surface area contributed by atoms with Gasteiger partial charge in [0.15, 0.2) is 6.61 Å². The molecule has 0 unspecified atom stereocenters. The zero-order valence-corrected chi connectivity index (χ0v) is 14.8. The molecular formula is C18H16ClN3O5. The molecule has 1 aliphatic heterocycles. The molecular weight excluding hydrogens is 374 g/mol. The standard InChI is InChI=1S/C18H16ClN3O5/c19-11-5-6-14(23)12(9-11)18(26)21-20-16(24)7-8-22-13-3-1-2-4-15(13)27-10-17(22)25/h1-6,9,23H,7-8,10H2,(H,20,24)(H,21,26). The van der Waals surface area contributed by atoms with Crippen LogP contribution >= 0.6 is 11.6 Å². The minimum Gasteiger partial charge on any atom is -0.507 e. The summed E-state index contributed by atoms with van der Waals surface area (Å²) in [6, 6.07) is 11.0. The van der Waals surface area contributed by atoms with Gasteiger partial charge in [-0.1, -0.05) is 23.7 Å². The van der Waals surface area contributed by atoms with Crippen LogP contribution < -0.4 is 20.5 Å². The molecule has 0 bridgehead atoms. The summed E-state index contributed by atoms with van der Waals surface area (Å²) >= 11 is 5.79. The Bertz CT molecular complexity index is 902. The second-order valence-electron chi connectivity index (χ2n) is 5.72. The average Bonchev–Trinajstić information content (AvgIpc) is 2.67. The van der Waals surface area contributed by atoms with Crippen molar-refractivity contribution in [2.75, 3.05) is 18.1 Å². The summed E-state index contributed by atoms with van der Waals surface area (Å²) in [5, 5.41) is 9.95. The van der Waals surface area contributed by atoms with E-state index >= 15 is 0 Å². The zero-order chi connectivity index (χ0) is 19.4. The number of hydrazine groups is 1. The fourth-order valence-electron chi connectivity index (χ4n) is 2.56. The van der Waals surface area contributed by atoms with Crippen LogP contribution in [0.2, 0.25) is 5.02 Å². The first kappa shape index (κ1) is 18.5. The highest BCUT2D eigenvalue weighted by Gasteiger charge is 2.25. The first-order valence-electron chi connectivity index (χ1n) is 8.05. The smallest absolute Gasteiger partial charge is 0.273 e. The molecule has 1 heterocycles. The Morgan fingerprint density at radius 1 is 1.19 bits per heavy atom. The number of carbonyl (C=O) groups excluding carboxylic acids is 3. The van der Waals surface area contributed by atoms with Gasteiger partial charge in [0.2, 0.25) is 5.91 Å². The minimum atomic E-state index is -0.712. The van der Waals surface area contributed by atoms with Gasteiger partial charge in [-0.3, -0.25) is 25.2 Å². The lowest BCUT2D eigenvalue weighted by Gasteiger charge is -2.29. The normalized spacial score (nSPS) is 12.8. The predicted octanol–water partition coefficient (Wildman–Crippen LogP) is 1.62. The van der Waals surface area contributed by atoms with E-state index in [-0.39, 0.29) is 41.8 Å². The molecule has 140 valence electrons. The molecule has 9 heteroatoms. The van der Waals surface area contributed by atoms with Crippen molar-refractivity contribution >= 4 is 35.0 Å². The number of nitrogens with one attached hydrogen (secondary N) is 2. The summed E-state index contributed by atoms with van der Waals surface area (Å²) in [6.45, 7) is 0.0345. The summed E-state index contributed by atoms with van der Waals surface area (Å²) < 4.78 is 5.34. The van der Waals surface area contributed by atoms with Gasteiger partial charge in [0.05, 0.1) is 11.3 Å². The Hall–Kier alpha value is -3.26. The van der Waals surface area contributed by atoms with E-state index in [2.05, 4.69) is 10.9 Å². The first-order valence-corrected chi connectivity index (χ1v) is 8.43. The number of hydrogen-bond acceptors (Lipinski definition) is 5. The number of phenols is 1. The number of hydrogen-bond donors (Lipinski definition) is 3. The summed E-state index contributed by atoms with van der Waals surface area (Å²) in [5.41, 5.74) is 4.97. The van der Waals surface area contributed by atoms with Gasteiger partial charge in [0.1, 0.15) is 11.5 Å². The van der Waals surface area contributed by atoms with Crippen molar-refractivity contribution in [3.8, 4) is 11.5 Å². The molecule has 27 heavy (non-hydrogen) atoms. The van der Waals surface area contributed by atoms with Crippen LogP contribution in [0, 0.1) is 0 Å². The van der Waals surface area contributed by atoms with E-state index in [9.17, 15) is 19.5 Å². The summed E-state index contributed by atoms with van der Waals surface area (Å²) in [6.07, 6.45) is -0.0398. The van der Waals surface area contributed by atoms with Crippen LogP contribution in [0.4, 0.5) is 5.69 Å². The number of benzene rings is 2. The maximum absolute atomic E-state index is 12.0. The number of aromatic hydroxyl groups is 1. The SMILES string of the molecule is O=C(CCN1C(=O)COc2ccccc21)NNC(=O)c1cc(Cl)ccc1O. The fraction of sp³-hybridized carbons (Fsp3) is 0.167. The molecule has 1 aliphatic rings. The molecule has 3 amide bonds. The quantitative estimate of drug-likeness (QED) is 0.689. The monoisotopic (exact) mass is 389 g/mol. The lowest BCUT2D eigenvalue weighted by molar-refractivity contribution is -0.122. The van der Waals surface area contributed by atoms with Gasteiger partial charge < -0.3 is 14.7 Å². The van der Waals surface area contributed by atoms with Gasteiger partial charge in [-0.2, -0.15) is 0 Å². The topological polar surface area (TPSA) is 108 Å². The second kappa shape index (κ2) is 7.96. The Labute approximate surface area is 159 Å². The highest BCUT2D eigenvalue weighted by atomic mass is 35.5.